The first-order chi connectivity index (χ1) is 8.65. The van der Waals surface area contributed by atoms with Crippen molar-refractivity contribution in [3.05, 3.63) is 36.4 Å². The van der Waals surface area contributed by atoms with Crippen LogP contribution in [0.4, 0.5) is 0 Å². The lowest BCUT2D eigenvalue weighted by Gasteiger charge is -2.23. The third-order valence-corrected chi connectivity index (χ3v) is 4.48. The monoisotopic (exact) mass is 267 g/mol. The van der Waals surface area contributed by atoms with Crippen LogP contribution in [0.5, 0.6) is 5.75 Å². The highest BCUT2D eigenvalue weighted by atomic mass is 32.2. The molecule has 1 aromatic rings. The smallest absolute Gasteiger partial charge is 0.126 e. The van der Waals surface area contributed by atoms with Crippen molar-refractivity contribution in [2.24, 2.45) is 0 Å². The summed E-state index contributed by atoms with van der Waals surface area (Å²) in [6.45, 7) is 4.71. The zero-order valence-electron chi connectivity index (χ0n) is 10.3. The number of nitrogens with zero attached hydrogens (tertiary/aromatic N) is 1. The Hall–Kier alpha value is -1.17. The maximum Gasteiger partial charge on any atom is 0.126 e. The zero-order valence-corrected chi connectivity index (χ0v) is 11.2. The maximum atomic E-state index is 12.1. The van der Waals surface area contributed by atoms with Gasteiger partial charge in [0.25, 0.3) is 0 Å². The molecule has 2 unspecified atom stereocenters. The second-order valence-corrected chi connectivity index (χ2v) is 5.68. The van der Waals surface area contributed by atoms with E-state index in [1.165, 1.54) is 6.08 Å². The van der Waals surface area contributed by atoms with Crippen LogP contribution in [0.15, 0.2) is 35.7 Å². The molecule has 0 fully saturated rings. The largest absolute Gasteiger partial charge is 0.497 e. The molecule has 18 heavy (non-hydrogen) atoms. The van der Waals surface area contributed by atoms with Crippen molar-refractivity contribution in [3.8, 4) is 5.75 Å². The van der Waals surface area contributed by atoms with E-state index in [2.05, 4.69) is 6.58 Å². The van der Waals surface area contributed by atoms with Gasteiger partial charge >= 0.3 is 0 Å². The van der Waals surface area contributed by atoms with E-state index in [4.69, 9.17) is 4.74 Å². The Morgan fingerprint density at radius 2 is 2.39 bits per heavy atom. The first kappa shape index (κ1) is 13.3. The first-order valence-corrected chi connectivity index (χ1v) is 7.07. The van der Waals surface area contributed by atoms with E-state index >= 15 is 0 Å². The molecule has 5 heteroatoms. The molecule has 1 N–H and O–H groups in total. The van der Waals surface area contributed by atoms with Gasteiger partial charge in [-0.1, -0.05) is 6.58 Å². The SMILES string of the molecule is C=CC(O)N1CCS(=O)c2ccc(OC)cc2C1. The molecule has 0 saturated heterocycles. The summed E-state index contributed by atoms with van der Waals surface area (Å²) in [6.07, 6.45) is 0.771. The van der Waals surface area contributed by atoms with Crippen molar-refractivity contribution < 1.29 is 14.1 Å². The van der Waals surface area contributed by atoms with Crippen molar-refractivity contribution in [2.45, 2.75) is 17.7 Å². The minimum absolute atomic E-state index is 0.518. The molecule has 1 aliphatic heterocycles. The molecule has 1 aliphatic rings. The molecular weight excluding hydrogens is 250 g/mol. The predicted molar refractivity (Wildman–Crippen MR) is 70.9 cm³/mol. The Balaban J connectivity index is 2.36. The van der Waals surface area contributed by atoms with E-state index in [0.717, 1.165) is 16.2 Å². The van der Waals surface area contributed by atoms with Gasteiger partial charge in [0.15, 0.2) is 0 Å². The lowest BCUT2D eigenvalue weighted by Crippen LogP contribution is -2.34. The Morgan fingerprint density at radius 3 is 3.06 bits per heavy atom. The minimum Gasteiger partial charge on any atom is -0.497 e. The quantitative estimate of drug-likeness (QED) is 0.834. The summed E-state index contributed by atoms with van der Waals surface area (Å²) < 4.78 is 17.3. The Morgan fingerprint density at radius 1 is 1.61 bits per heavy atom. The fourth-order valence-corrected chi connectivity index (χ4v) is 3.27. The molecule has 2 atom stereocenters. The molecule has 4 nitrogen and oxygen atoms in total. The van der Waals surface area contributed by atoms with Crippen LogP contribution in [-0.4, -0.2) is 39.9 Å². The number of hydrogen-bond acceptors (Lipinski definition) is 4. The van der Waals surface area contributed by atoms with Crippen molar-refractivity contribution >= 4 is 10.8 Å². The summed E-state index contributed by atoms with van der Waals surface area (Å²) >= 11 is 0. The highest BCUT2D eigenvalue weighted by molar-refractivity contribution is 7.85. The Kier molecular flexibility index (Phi) is 4.16. The number of aliphatic hydroxyl groups excluding tert-OH is 1. The maximum absolute atomic E-state index is 12.1. The van der Waals surface area contributed by atoms with Crippen LogP contribution in [-0.2, 0) is 17.3 Å². The lowest BCUT2D eigenvalue weighted by atomic mass is 10.2. The van der Waals surface area contributed by atoms with Gasteiger partial charge in [0.2, 0.25) is 0 Å². The van der Waals surface area contributed by atoms with Crippen LogP contribution < -0.4 is 4.74 Å². The number of ether oxygens (including phenoxy) is 1. The van der Waals surface area contributed by atoms with Crippen molar-refractivity contribution in [1.82, 2.24) is 4.90 Å². The molecule has 0 saturated carbocycles. The number of benzene rings is 1. The van der Waals surface area contributed by atoms with E-state index in [9.17, 15) is 9.32 Å². The first-order valence-electron chi connectivity index (χ1n) is 5.75. The molecule has 2 rings (SSSR count). The minimum atomic E-state index is -1.02. The molecule has 0 aliphatic carbocycles. The fourth-order valence-electron chi connectivity index (χ4n) is 2.01. The number of methoxy groups -OCH3 is 1. The van der Waals surface area contributed by atoms with E-state index in [1.54, 1.807) is 7.11 Å². The number of rotatable bonds is 3. The molecule has 0 aromatic heterocycles. The van der Waals surface area contributed by atoms with Gasteiger partial charge in [-0.05, 0) is 29.8 Å². The highest BCUT2D eigenvalue weighted by Crippen LogP contribution is 2.25. The topological polar surface area (TPSA) is 49.8 Å². The van der Waals surface area contributed by atoms with Crippen molar-refractivity contribution in [1.29, 1.82) is 0 Å². The second-order valence-electron chi connectivity index (χ2n) is 4.14. The number of hydrogen-bond donors (Lipinski definition) is 1. The van der Waals surface area contributed by atoms with Crippen molar-refractivity contribution in [2.75, 3.05) is 19.4 Å². The molecule has 1 aromatic carbocycles. The van der Waals surface area contributed by atoms with Gasteiger partial charge in [-0.25, -0.2) is 0 Å². The molecule has 0 bridgehead atoms. The van der Waals surface area contributed by atoms with Crippen LogP contribution in [0.3, 0.4) is 0 Å². The average Bonchev–Trinajstić information content (AvgIpc) is 2.57. The molecular formula is C13H17NO3S. The van der Waals surface area contributed by atoms with Crippen LogP contribution in [0.25, 0.3) is 0 Å². The number of fused-ring (bicyclic) bond motifs is 1. The van der Waals surface area contributed by atoms with Gasteiger partial charge in [0, 0.05) is 23.7 Å². The summed E-state index contributed by atoms with van der Waals surface area (Å²) in [5.74, 6) is 1.25. The second kappa shape index (κ2) is 5.65. The van der Waals surface area contributed by atoms with E-state index < -0.39 is 17.0 Å². The normalized spacial score (nSPS) is 21.8. The fraction of sp³-hybridized carbons (Fsp3) is 0.385. The van der Waals surface area contributed by atoms with Crippen LogP contribution in [0.1, 0.15) is 5.56 Å². The van der Waals surface area contributed by atoms with Gasteiger partial charge in [-0.15, -0.1) is 0 Å². The summed E-state index contributed by atoms with van der Waals surface area (Å²) in [4.78, 5) is 2.67. The van der Waals surface area contributed by atoms with Crippen LogP contribution in [0, 0.1) is 0 Å². The molecule has 0 radical (unpaired) electrons. The zero-order chi connectivity index (χ0) is 13.1. The summed E-state index contributed by atoms with van der Waals surface area (Å²) in [5.41, 5.74) is 0.936. The van der Waals surface area contributed by atoms with Crippen molar-refractivity contribution in [3.63, 3.8) is 0 Å². The van der Waals surface area contributed by atoms with Crippen LogP contribution in [0.2, 0.25) is 0 Å². The van der Waals surface area contributed by atoms with Gasteiger partial charge in [-0.2, -0.15) is 0 Å². The van der Waals surface area contributed by atoms with E-state index in [1.807, 2.05) is 23.1 Å². The van der Waals surface area contributed by atoms with Gasteiger partial charge in [-0.3, -0.25) is 9.11 Å². The summed E-state index contributed by atoms with van der Waals surface area (Å²) in [6, 6.07) is 5.53. The molecule has 98 valence electrons. The summed E-state index contributed by atoms with van der Waals surface area (Å²) in [7, 11) is 0.578. The third-order valence-electron chi connectivity index (χ3n) is 3.04. The average molecular weight is 267 g/mol. The molecule has 0 amide bonds. The third kappa shape index (κ3) is 2.63. The molecule has 0 spiro atoms. The van der Waals surface area contributed by atoms with E-state index in [0.29, 0.717) is 18.8 Å². The van der Waals surface area contributed by atoms with Gasteiger partial charge < -0.3 is 9.84 Å². The Labute approximate surface area is 109 Å². The highest BCUT2D eigenvalue weighted by Gasteiger charge is 2.22. The summed E-state index contributed by atoms with van der Waals surface area (Å²) in [5, 5.41) is 9.82. The predicted octanol–water partition coefficient (Wildman–Crippen LogP) is 1.12. The van der Waals surface area contributed by atoms with E-state index in [-0.39, 0.29) is 0 Å². The Bertz CT molecular complexity index is 475. The lowest BCUT2D eigenvalue weighted by molar-refractivity contribution is 0.0409. The van der Waals surface area contributed by atoms with Gasteiger partial charge in [0.1, 0.15) is 12.0 Å². The molecule has 1 heterocycles. The van der Waals surface area contributed by atoms with Crippen LogP contribution >= 0.6 is 0 Å². The van der Waals surface area contributed by atoms with Gasteiger partial charge in [0.05, 0.1) is 17.9 Å². The number of aliphatic hydroxyl groups is 1. The standard InChI is InChI=1S/C13H17NO3S/c1-3-13(15)14-6-7-18(16)12-5-4-11(17-2)8-10(12)9-14/h3-5,8,13,15H,1,6-7,9H2,2H3.